The maximum Gasteiger partial charge on any atom is 0.338 e. The van der Waals surface area contributed by atoms with Gasteiger partial charge in [-0.05, 0) is 36.3 Å². The van der Waals surface area contributed by atoms with Gasteiger partial charge in [-0.1, -0.05) is 6.07 Å². The molecule has 130 valence electrons. The smallest absolute Gasteiger partial charge is 0.338 e. The average molecular weight is 352 g/mol. The minimum atomic E-state index is -1.05. The van der Waals surface area contributed by atoms with E-state index in [1.54, 1.807) is 0 Å². The highest BCUT2D eigenvalue weighted by Gasteiger charge is 2.11. The van der Waals surface area contributed by atoms with Crippen molar-refractivity contribution in [3.05, 3.63) is 76.9 Å². The number of hydrogen-bond donors (Lipinski definition) is 0. The molecule has 0 unspecified atom stereocenters. The van der Waals surface area contributed by atoms with Crippen molar-refractivity contribution >= 4 is 18.0 Å². The summed E-state index contributed by atoms with van der Waals surface area (Å²) in [6.45, 7) is 0. The van der Waals surface area contributed by atoms with Gasteiger partial charge in [-0.25, -0.2) is 22.4 Å². The summed E-state index contributed by atoms with van der Waals surface area (Å²) in [7, 11) is 0. The molecule has 0 amide bonds. The number of halogens is 4. The van der Waals surface area contributed by atoms with Crippen LogP contribution in [0.15, 0.2) is 42.5 Å². The lowest BCUT2D eigenvalue weighted by Gasteiger charge is -2.03. The molecular weight excluding hydrogens is 340 g/mol. The van der Waals surface area contributed by atoms with E-state index in [9.17, 15) is 27.2 Å². The Labute approximate surface area is 140 Å². The zero-order chi connectivity index (χ0) is 18.4. The van der Waals surface area contributed by atoms with Crippen LogP contribution in [-0.4, -0.2) is 11.9 Å². The topological polar surface area (TPSA) is 43.4 Å². The number of esters is 2. The first-order valence-electron chi connectivity index (χ1n) is 7.17. The van der Waals surface area contributed by atoms with E-state index in [1.807, 2.05) is 0 Å². The van der Waals surface area contributed by atoms with Gasteiger partial charge in [0.25, 0.3) is 0 Å². The number of ether oxygens (including phenoxy) is 1. The molecule has 3 nitrogen and oxygen atoms in total. The highest BCUT2D eigenvalue weighted by Crippen LogP contribution is 2.13. The Bertz CT molecular complexity index is 831. The van der Waals surface area contributed by atoms with Crippen molar-refractivity contribution in [3.63, 3.8) is 0 Å². The van der Waals surface area contributed by atoms with E-state index in [4.69, 9.17) is 0 Å². The largest absolute Gasteiger partial charge is 0.390 e. The lowest BCUT2D eigenvalue weighted by Crippen LogP contribution is -2.11. The monoisotopic (exact) mass is 352 g/mol. The molecule has 2 rings (SSSR count). The van der Waals surface area contributed by atoms with Gasteiger partial charge in [-0.15, -0.1) is 0 Å². The second kappa shape index (κ2) is 8.23. The number of carbonyl (C=O) groups excluding carboxylic acids is 2. The second-order valence-corrected chi connectivity index (χ2v) is 5.03. The van der Waals surface area contributed by atoms with Crippen LogP contribution in [-0.2, 0) is 20.7 Å². The van der Waals surface area contributed by atoms with E-state index in [0.717, 1.165) is 30.4 Å². The van der Waals surface area contributed by atoms with Gasteiger partial charge >= 0.3 is 11.9 Å². The summed E-state index contributed by atoms with van der Waals surface area (Å²) in [5.74, 6) is -5.14. The van der Waals surface area contributed by atoms with Crippen LogP contribution in [0, 0.1) is 23.3 Å². The summed E-state index contributed by atoms with van der Waals surface area (Å²) in [5, 5.41) is 0. The molecule has 25 heavy (non-hydrogen) atoms. The quantitative estimate of drug-likeness (QED) is 0.354. The second-order valence-electron chi connectivity index (χ2n) is 5.03. The third-order valence-corrected chi connectivity index (χ3v) is 3.19. The molecule has 0 N–H and O–H groups in total. The van der Waals surface area contributed by atoms with Crippen molar-refractivity contribution in [1.29, 1.82) is 0 Å². The molecule has 7 heteroatoms. The zero-order valence-corrected chi connectivity index (χ0v) is 12.8. The molecule has 0 radical (unpaired) electrons. The Morgan fingerprint density at radius 2 is 1.56 bits per heavy atom. The van der Waals surface area contributed by atoms with Gasteiger partial charge in [-0.3, -0.25) is 4.79 Å². The Kier molecular flexibility index (Phi) is 6.05. The fraction of sp³-hybridized carbons (Fsp3) is 0.111. The van der Waals surface area contributed by atoms with Crippen LogP contribution < -0.4 is 0 Å². The normalized spacial score (nSPS) is 10.9. The molecule has 0 spiro atoms. The SMILES string of the molecule is O=C(C=Cc1ccc(F)cc1F)OC(=O)CCc1ccc(F)cc1F. The molecule has 0 aliphatic heterocycles. The number of hydrogen-bond acceptors (Lipinski definition) is 3. The van der Waals surface area contributed by atoms with Crippen LogP contribution >= 0.6 is 0 Å². The Balaban J connectivity index is 1.87. The van der Waals surface area contributed by atoms with Gasteiger partial charge in [0.1, 0.15) is 23.3 Å². The molecule has 2 aromatic carbocycles. The van der Waals surface area contributed by atoms with Gasteiger partial charge in [0.15, 0.2) is 0 Å². The summed E-state index contributed by atoms with van der Waals surface area (Å²) in [5.41, 5.74) is 0.0499. The molecule has 0 fully saturated rings. The third kappa shape index (κ3) is 5.56. The van der Waals surface area contributed by atoms with Crippen molar-refractivity contribution in [3.8, 4) is 0 Å². The van der Waals surface area contributed by atoms with Crippen molar-refractivity contribution in [2.24, 2.45) is 0 Å². The zero-order valence-electron chi connectivity index (χ0n) is 12.8. The first-order chi connectivity index (χ1) is 11.8. The van der Waals surface area contributed by atoms with Crippen LogP contribution in [0.3, 0.4) is 0 Å². The summed E-state index contributed by atoms with van der Waals surface area (Å²) in [6.07, 6.45) is 1.47. The fourth-order valence-corrected chi connectivity index (χ4v) is 1.95. The molecule has 0 aromatic heterocycles. The molecule has 0 saturated carbocycles. The summed E-state index contributed by atoms with van der Waals surface area (Å²) in [6, 6.07) is 5.70. The minimum absolute atomic E-state index is 0.0563. The number of carbonyl (C=O) groups is 2. The fourth-order valence-electron chi connectivity index (χ4n) is 1.95. The number of aryl methyl sites for hydroxylation is 1. The Morgan fingerprint density at radius 3 is 2.20 bits per heavy atom. The summed E-state index contributed by atoms with van der Waals surface area (Å²) in [4.78, 5) is 23.0. The highest BCUT2D eigenvalue weighted by atomic mass is 19.1. The van der Waals surface area contributed by atoms with Gasteiger partial charge in [-0.2, -0.15) is 0 Å². The van der Waals surface area contributed by atoms with Gasteiger partial charge in [0.05, 0.1) is 6.42 Å². The van der Waals surface area contributed by atoms with Crippen molar-refractivity contribution in [2.75, 3.05) is 0 Å². The third-order valence-electron chi connectivity index (χ3n) is 3.19. The van der Waals surface area contributed by atoms with Gasteiger partial charge in [0, 0.05) is 23.8 Å². The van der Waals surface area contributed by atoms with Crippen LogP contribution in [0.2, 0.25) is 0 Å². The van der Waals surface area contributed by atoms with E-state index >= 15 is 0 Å². The van der Waals surface area contributed by atoms with Crippen molar-refractivity contribution in [2.45, 2.75) is 12.8 Å². The van der Waals surface area contributed by atoms with E-state index in [-0.39, 0.29) is 24.0 Å². The molecule has 0 atom stereocenters. The van der Waals surface area contributed by atoms with Gasteiger partial charge < -0.3 is 4.74 Å². The van der Waals surface area contributed by atoms with Crippen LogP contribution in [0.4, 0.5) is 17.6 Å². The summed E-state index contributed by atoms with van der Waals surface area (Å²) >= 11 is 0. The molecular formula is C18H12F4O3. The van der Waals surface area contributed by atoms with Crippen molar-refractivity contribution < 1.29 is 31.9 Å². The molecule has 2 aromatic rings. The minimum Gasteiger partial charge on any atom is -0.390 e. The van der Waals surface area contributed by atoms with Crippen LogP contribution in [0.25, 0.3) is 6.08 Å². The summed E-state index contributed by atoms with van der Waals surface area (Å²) < 4.78 is 56.7. The molecule has 0 heterocycles. The molecule has 0 aliphatic rings. The lowest BCUT2D eigenvalue weighted by atomic mass is 10.1. The maximum absolute atomic E-state index is 13.4. The number of benzene rings is 2. The molecule has 0 aliphatic carbocycles. The predicted molar refractivity (Wildman–Crippen MR) is 81.2 cm³/mol. The van der Waals surface area contributed by atoms with E-state index in [1.165, 1.54) is 6.07 Å². The van der Waals surface area contributed by atoms with E-state index in [2.05, 4.69) is 4.74 Å². The van der Waals surface area contributed by atoms with Crippen LogP contribution in [0.1, 0.15) is 17.5 Å². The highest BCUT2D eigenvalue weighted by molar-refractivity contribution is 5.94. The van der Waals surface area contributed by atoms with Gasteiger partial charge in [0.2, 0.25) is 0 Å². The molecule has 0 saturated heterocycles. The van der Waals surface area contributed by atoms with E-state index < -0.39 is 35.2 Å². The first-order valence-corrected chi connectivity index (χ1v) is 7.17. The Hall–Kier alpha value is -2.96. The average Bonchev–Trinajstić information content (AvgIpc) is 2.53. The molecule has 0 bridgehead atoms. The maximum atomic E-state index is 13.4. The Morgan fingerprint density at radius 1 is 0.920 bits per heavy atom. The number of rotatable bonds is 5. The van der Waals surface area contributed by atoms with Crippen LogP contribution in [0.5, 0.6) is 0 Å². The lowest BCUT2D eigenvalue weighted by molar-refractivity contribution is -0.156. The van der Waals surface area contributed by atoms with E-state index in [0.29, 0.717) is 12.1 Å². The van der Waals surface area contributed by atoms with Crippen molar-refractivity contribution in [1.82, 2.24) is 0 Å². The standard InChI is InChI=1S/C18H12F4O3/c19-13-5-1-11(15(21)9-13)3-7-17(23)25-18(24)8-4-12-2-6-14(20)10-16(12)22/h1-3,5-7,9-10H,4,8H2. The predicted octanol–water partition coefficient (Wildman–Crippen LogP) is 3.96. The first kappa shape index (κ1) is 18.4.